The summed E-state index contributed by atoms with van der Waals surface area (Å²) >= 11 is 0. The second-order valence-electron chi connectivity index (χ2n) is 5.57. The van der Waals surface area contributed by atoms with Crippen molar-refractivity contribution in [2.24, 2.45) is 0 Å². The molecular formula is C16H26N2O4S. The first kappa shape index (κ1) is 19.4. The van der Waals surface area contributed by atoms with Gasteiger partial charge >= 0.3 is 5.97 Å². The summed E-state index contributed by atoms with van der Waals surface area (Å²) in [5, 5.41) is 12.4. The summed E-state index contributed by atoms with van der Waals surface area (Å²) in [6, 6.07) is 4.24. The van der Waals surface area contributed by atoms with Crippen molar-refractivity contribution in [1.29, 1.82) is 0 Å². The van der Waals surface area contributed by atoms with Gasteiger partial charge in [0.05, 0.1) is 10.5 Å². The summed E-state index contributed by atoms with van der Waals surface area (Å²) in [6.45, 7) is 6.31. The van der Waals surface area contributed by atoms with Crippen LogP contribution in [-0.2, 0) is 10.0 Å². The fraction of sp³-hybridized carbons (Fsp3) is 0.562. The van der Waals surface area contributed by atoms with E-state index in [2.05, 4.69) is 10.0 Å². The summed E-state index contributed by atoms with van der Waals surface area (Å²) in [5.74, 6) is -1.15. The molecule has 0 aliphatic rings. The molecule has 1 aromatic carbocycles. The fourth-order valence-electron chi connectivity index (χ4n) is 2.03. The van der Waals surface area contributed by atoms with E-state index in [1.54, 1.807) is 0 Å². The topological polar surface area (TPSA) is 95.5 Å². The highest BCUT2D eigenvalue weighted by Gasteiger charge is 2.19. The molecule has 0 radical (unpaired) electrons. The number of anilines is 1. The Morgan fingerprint density at radius 3 is 2.52 bits per heavy atom. The summed E-state index contributed by atoms with van der Waals surface area (Å²) in [6.07, 6.45) is 3.54. The van der Waals surface area contributed by atoms with Gasteiger partial charge in [-0.3, -0.25) is 0 Å². The van der Waals surface area contributed by atoms with Gasteiger partial charge in [-0.15, -0.1) is 0 Å². The molecule has 0 saturated carbocycles. The molecule has 0 aliphatic carbocycles. The molecule has 1 rings (SSSR count). The molecule has 0 unspecified atom stereocenters. The first-order valence-electron chi connectivity index (χ1n) is 7.95. The van der Waals surface area contributed by atoms with E-state index >= 15 is 0 Å². The maximum absolute atomic E-state index is 12.2. The predicted molar refractivity (Wildman–Crippen MR) is 91.5 cm³/mol. The lowest BCUT2D eigenvalue weighted by molar-refractivity contribution is 0.0697. The van der Waals surface area contributed by atoms with Crippen molar-refractivity contribution < 1.29 is 18.3 Å². The second kappa shape index (κ2) is 8.88. The highest BCUT2D eigenvalue weighted by atomic mass is 32.2. The standard InChI is InChI=1S/C16H26N2O4S/c1-4-6-7-10-17-23(21,22)13-8-9-15(18-12(3)5-2)14(11-13)16(19)20/h8-9,11-12,17-18H,4-7,10H2,1-3H3,(H,19,20)/t12-/m1/s1. The van der Waals surface area contributed by atoms with Gasteiger partial charge in [0.2, 0.25) is 10.0 Å². The molecule has 7 heteroatoms. The van der Waals surface area contributed by atoms with Crippen molar-refractivity contribution in [3.05, 3.63) is 23.8 Å². The lowest BCUT2D eigenvalue weighted by Crippen LogP contribution is -2.25. The summed E-state index contributed by atoms with van der Waals surface area (Å²) in [5.41, 5.74) is 0.388. The van der Waals surface area contributed by atoms with Crippen LogP contribution in [0, 0.1) is 0 Å². The Balaban J connectivity index is 3.00. The average molecular weight is 342 g/mol. The van der Waals surface area contributed by atoms with Crippen molar-refractivity contribution in [2.45, 2.75) is 57.4 Å². The fourth-order valence-corrected chi connectivity index (χ4v) is 3.13. The number of hydrogen-bond donors (Lipinski definition) is 3. The van der Waals surface area contributed by atoms with Crippen LogP contribution in [0.3, 0.4) is 0 Å². The highest BCUT2D eigenvalue weighted by Crippen LogP contribution is 2.22. The zero-order valence-corrected chi connectivity index (χ0v) is 14.7. The van der Waals surface area contributed by atoms with E-state index in [0.29, 0.717) is 12.2 Å². The molecule has 0 saturated heterocycles. The molecule has 0 bridgehead atoms. The van der Waals surface area contributed by atoms with E-state index < -0.39 is 16.0 Å². The third kappa shape index (κ3) is 5.84. The molecular weight excluding hydrogens is 316 g/mol. The zero-order chi connectivity index (χ0) is 17.5. The van der Waals surface area contributed by atoms with Crippen LogP contribution >= 0.6 is 0 Å². The Labute approximate surface area is 138 Å². The number of aromatic carboxylic acids is 1. The Kier molecular flexibility index (Phi) is 7.51. The minimum atomic E-state index is -3.69. The van der Waals surface area contributed by atoms with Crippen LogP contribution in [0.1, 0.15) is 56.8 Å². The van der Waals surface area contributed by atoms with Crippen molar-refractivity contribution in [3.63, 3.8) is 0 Å². The first-order valence-corrected chi connectivity index (χ1v) is 9.43. The van der Waals surface area contributed by atoms with Gasteiger partial charge in [0.1, 0.15) is 0 Å². The van der Waals surface area contributed by atoms with Crippen molar-refractivity contribution in [2.75, 3.05) is 11.9 Å². The number of rotatable bonds is 10. The second-order valence-corrected chi connectivity index (χ2v) is 7.34. The molecule has 1 atom stereocenters. The number of hydrogen-bond acceptors (Lipinski definition) is 4. The molecule has 0 spiro atoms. The highest BCUT2D eigenvalue weighted by molar-refractivity contribution is 7.89. The molecule has 6 nitrogen and oxygen atoms in total. The van der Waals surface area contributed by atoms with Gasteiger partial charge in [-0.1, -0.05) is 26.7 Å². The van der Waals surface area contributed by atoms with Crippen LogP contribution in [-0.4, -0.2) is 32.1 Å². The van der Waals surface area contributed by atoms with Gasteiger partial charge in [0.25, 0.3) is 0 Å². The average Bonchev–Trinajstić information content (AvgIpc) is 2.51. The van der Waals surface area contributed by atoms with Crippen LogP contribution in [0.25, 0.3) is 0 Å². The van der Waals surface area contributed by atoms with Gasteiger partial charge in [-0.2, -0.15) is 0 Å². The molecule has 0 amide bonds. The molecule has 3 N–H and O–H groups in total. The number of carboxylic acids is 1. The van der Waals surface area contributed by atoms with Crippen LogP contribution in [0.15, 0.2) is 23.1 Å². The van der Waals surface area contributed by atoms with Gasteiger partial charge in [0.15, 0.2) is 0 Å². The van der Waals surface area contributed by atoms with E-state index in [0.717, 1.165) is 25.7 Å². The summed E-state index contributed by atoms with van der Waals surface area (Å²) in [4.78, 5) is 11.4. The number of nitrogens with one attached hydrogen (secondary N) is 2. The maximum atomic E-state index is 12.2. The number of carboxylic acid groups (broad SMARTS) is 1. The number of unbranched alkanes of at least 4 members (excludes halogenated alkanes) is 2. The third-order valence-electron chi connectivity index (χ3n) is 3.62. The maximum Gasteiger partial charge on any atom is 0.337 e. The number of carbonyl (C=O) groups is 1. The third-order valence-corrected chi connectivity index (χ3v) is 5.08. The molecule has 0 aliphatic heterocycles. The zero-order valence-electron chi connectivity index (χ0n) is 13.9. The van der Waals surface area contributed by atoms with Crippen LogP contribution in [0.5, 0.6) is 0 Å². The lowest BCUT2D eigenvalue weighted by Gasteiger charge is -2.16. The first-order chi connectivity index (χ1) is 10.8. The largest absolute Gasteiger partial charge is 0.478 e. The Bertz CT molecular complexity index is 629. The normalized spacial score (nSPS) is 12.8. The Hall–Kier alpha value is -1.60. The Morgan fingerprint density at radius 2 is 1.96 bits per heavy atom. The van der Waals surface area contributed by atoms with E-state index in [1.165, 1.54) is 18.2 Å². The van der Waals surface area contributed by atoms with Crippen molar-refractivity contribution in [1.82, 2.24) is 4.72 Å². The minimum absolute atomic E-state index is 0.0268. The molecule has 1 aromatic rings. The van der Waals surface area contributed by atoms with Crippen molar-refractivity contribution >= 4 is 21.7 Å². The molecule has 130 valence electrons. The summed E-state index contributed by atoms with van der Waals surface area (Å²) in [7, 11) is -3.69. The smallest absolute Gasteiger partial charge is 0.337 e. The monoisotopic (exact) mass is 342 g/mol. The van der Waals surface area contributed by atoms with Crippen LogP contribution in [0.2, 0.25) is 0 Å². The Morgan fingerprint density at radius 1 is 1.26 bits per heavy atom. The quantitative estimate of drug-likeness (QED) is 0.568. The number of benzene rings is 1. The predicted octanol–water partition coefficient (Wildman–Crippen LogP) is 3.06. The van der Waals surface area contributed by atoms with Crippen molar-refractivity contribution in [3.8, 4) is 0 Å². The lowest BCUT2D eigenvalue weighted by atomic mass is 10.1. The van der Waals surface area contributed by atoms with Gasteiger partial charge in [0, 0.05) is 18.3 Å². The molecule has 23 heavy (non-hydrogen) atoms. The van der Waals surface area contributed by atoms with Gasteiger partial charge in [-0.25, -0.2) is 17.9 Å². The SMILES string of the molecule is CCCCCNS(=O)(=O)c1ccc(N[C@H](C)CC)c(C(=O)O)c1. The van der Waals surface area contributed by atoms with E-state index in [-0.39, 0.29) is 16.5 Å². The van der Waals surface area contributed by atoms with Gasteiger partial charge in [-0.05, 0) is 38.0 Å². The van der Waals surface area contributed by atoms with Crippen LogP contribution in [0.4, 0.5) is 5.69 Å². The minimum Gasteiger partial charge on any atom is -0.478 e. The van der Waals surface area contributed by atoms with E-state index in [1.807, 2.05) is 20.8 Å². The summed E-state index contributed by atoms with van der Waals surface area (Å²) < 4.78 is 27.0. The van der Waals surface area contributed by atoms with Gasteiger partial charge < -0.3 is 10.4 Å². The molecule has 0 fully saturated rings. The molecule has 0 aromatic heterocycles. The van der Waals surface area contributed by atoms with E-state index in [9.17, 15) is 18.3 Å². The van der Waals surface area contributed by atoms with Crippen LogP contribution < -0.4 is 10.0 Å². The number of sulfonamides is 1. The van der Waals surface area contributed by atoms with E-state index in [4.69, 9.17) is 0 Å². The molecule has 0 heterocycles.